The first-order valence-electron chi connectivity index (χ1n) is 26.2. The van der Waals surface area contributed by atoms with Gasteiger partial charge in [0.25, 0.3) is 0 Å². The molecule has 0 nitrogen and oxygen atoms in total. The number of rotatable bonds is 4. The number of hydrogen-bond acceptors (Lipinski definition) is 0. The summed E-state index contributed by atoms with van der Waals surface area (Å²) >= 11 is 0. The second-order valence-corrected chi connectivity index (χ2v) is 25.5. The number of hydrogen-bond donors (Lipinski definition) is 0. The molecular formula is C71H68. The second-order valence-electron chi connectivity index (χ2n) is 25.5. The van der Waals surface area contributed by atoms with E-state index in [0.29, 0.717) is 5.92 Å². The summed E-state index contributed by atoms with van der Waals surface area (Å²) in [5.41, 5.74) is 19.9. The molecule has 0 atom stereocenters. The largest absolute Gasteiger partial charge is 0.0616 e. The lowest BCUT2D eigenvalue weighted by atomic mass is 9.75. The molecule has 11 aromatic rings. The fourth-order valence-electron chi connectivity index (χ4n) is 12.4. The SMILES string of the molecule is CC(C)c1ccc2c3ccc(-c4ccc5c6c(cccc46)-c4c-5c(-c5cc(C(C)(C)C)cc(C(C)(C)C)c5)c5ccccc5c4-c4cc(C(C)(C)C)cc(C(C)(C)C)c4)c4cccc(c5cccc1c52)c43. The van der Waals surface area contributed by atoms with E-state index in [0.717, 1.165) is 0 Å². The van der Waals surface area contributed by atoms with Gasteiger partial charge < -0.3 is 0 Å². The molecule has 0 spiro atoms. The van der Waals surface area contributed by atoms with E-state index in [9.17, 15) is 0 Å². The van der Waals surface area contributed by atoms with Crippen molar-refractivity contribution < 1.29 is 0 Å². The van der Waals surface area contributed by atoms with Gasteiger partial charge in [-0.25, -0.2) is 0 Å². The summed E-state index contributed by atoms with van der Waals surface area (Å²) in [5.74, 6) is 0.448. The van der Waals surface area contributed by atoms with Crippen molar-refractivity contribution in [2.24, 2.45) is 0 Å². The van der Waals surface area contributed by atoms with Gasteiger partial charge in [-0.3, -0.25) is 0 Å². The Kier molecular flexibility index (Phi) is 9.83. The summed E-state index contributed by atoms with van der Waals surface area (Å²) in [4.78, 5) is 0. The third-order valence-corrected chi connectivity index (χ3v) is 16.3. The molecule has 0 N–H and O–H groups in total. The van der Waals surface area contributed by atoms with Gasteiger partial charge in [0.15, 0.2) is 0 Å². The van der Waals surface area contributed by atoms with Crippen molar-refractivity contribution in [2.45, 2.75) is 125 Å². The summed E-state index contributed by atoms with van der Waals surface area (Å²) in [6.07, 6.45) is 0. The Morgan fingerprint density at radius 2 is 0.606 bits per heavy atom. The zero-order valence-electron chi connectivity index (χ0n) is 44.5. The van der Waals surface area contributed by atoms with E-state index in [4.69, 9.17) is 0 Å². The number of benzene rings is 11. The quantitative estimate of drug-likeness (QED) is 0.122. The lowest BCUT2D eigenvalue weighted by Crippen LogP contribution is -2.17. The molecule has 0 radical (unpaired) electrons. The van der Waals surface area contributed by atoms with Gasteiger partial charge in [-0.05, 0) is 176 Å². The van der Waals surface area contributed by atoms with Crippen LogP contribution >= 0.6 is 0 Å². The number of fused-ring (bicyclic) bond motifs is 6. The Bertz CT molecular complexity index is 3810. The van der Waals surface area contributed by atoms with Crippen molar-refractivity contribution in [3.05, 3.63) is 179 Å². The van der Waals surface area contributed by atoms with Crippen LogP contribution in [0.2, 0.25) is 0 Å². The summed E-state index contributed by atoms with van der Waals surface area (Å²) < 4.78 is 0. The standard InChI is InChI=1S/C71H68/c1-40(2)47-28-31-57-58-32-29-48(51-23-18-26-56(64(51)58)55-25-17-22-50(47)63(55)57)49-30-33-60-65-52(49)24-19-27-59(65)66-61(41-34-43(68(3,4)5)38-44(35-41)69(6,7)8)53-20-15-16-21-54(53)62(67(60)66)42-36-45(70(9,10)11)39-46(37-42)71(12,13)14/h15-40H,1-14H3. The molecule has 71 heavy (non-hydrogen) atoms. The zero-order valence-corrected chi connectivity index (χ0v) is 44.5. The van der Waals surface area contributed by atoms with Crippen LogP contribution in [0.5, 0.6) is 0 Å². The van der Waals surface area contributed by atoms with Crippen molar-refractivity contribution in [1.82, 2.24) is 0 Å². The van der Waals surface area contributed by atoms with Crippen LogP contribution in [0.15, 0.2) is 152 Å². The van der Waals surface area contributed by atoms with Crippen molar-refractivity contribution in [3.8, 4) is 55.6 Å². The van der Waals surface area contributed by atoms with E-state index in [1.54, 1.807) is 0 Å². The Labute approximate surface area is 422 Å². The predicted molar refractivity (Wildman–Crippen MR) is 312 cm³/mol. The summed E-state index contributed by atoms with van der Waals surface area (Å²) in [7, 11) is 0. The molecule has 0 aromatic heterocycles. The molecule has 12 rings (SSSR count). The molecule has 0 saturated carbocycles. The first-order chi connectivity index (χ1) is 33.6. The van der Waals surface area contributed by atoms with Crippen LogP contribution in [0.4, 0.5) is 0 Å². The molecule has 1 aliphatic rings. The fourth-order valence-corrected chi connectivity index (χ4v) is 12.4. The highest BCUT2D eigenvalue weighted by molar-refractivity contribution is 6.35. The van der Waals surface area contributed by atoms with Crippen LogP contribution in [0.1, 0.15) is 131 Å². The van der Waals surface area contributed by atoms with Gasteiger partial charge in [0.1, 0.15) is 0 Å². The van der Waals surface area contributed by atoms with Crippen molar-refractivity contribution in [2.75, 3.05) is 0 Å². The van der Waals surface area contributed by atoms with Crippen molar-refractivity contribution in [1.29, 1.82) is 0 Å². The maximum Gasteiger partial charge on any atom is -0.000741 e. The lowest BCUT2D eigenvalue weighted by molar-refractivity contribution is 0.568. The van der Waals surface area contributed by atoms with E-state index < -0.39 is 0 Å². The molecule has 352 valence electrons. The smallest absolute Gasteiger partial charge is 0.000741 e. The predicted octanol–water partition coefficient (Wildman–Crippen LogP) is 21.0. The Morgan fingerprint density at radius 3 is 1.07 bits per heavy atom. The first kappa shape index (κ1) is 45.4. The van der Waals surface area contributed by atoms with E-state index >= 15 is 0 Å². The molecule has 0 heterocycles. The molecule has 1 aliphatic carbocycles. The van der Waals surface area contributed by atoms with Crippen LogP contribution < -0.4 is 0 Å². The van der Waals surface area contributed by atoms with Crippen LogP contribution in [-0.2, 0) is 21.7 Å². The van der Waals surface area contributed by atoms with Crippen LogP contribution in [0.3, 0.4) is 0 Å². The molecule has 0 bridgehead atoms. The normalized spacial score (nSPS) is 13.3. The molecule has 0 heteroatoms. The Balaban J connectivity index is 1.21. The van der Waals surface area contributed by atoms with E-state index in [-0.39, 0.29) is 21.7 Å². The lowest BCUT2D eigenvalue weighted by Gasteiger charge is -2.29. The average molecular weight is 921 g/mol. The van der Waals surface area contributed by atoms with E-state index in [2.05, 4.69) is 249 Å². The molecular weight excluding hydrogens is 853 g/mol. The van der Waals surface area contributed by atoms with Gasteiger partial charge in [-0.2, -0.15) is 0 Å². The van der Waals surface area contributed by atoms with Gasteiger partial charge >= 0.3 is 0 Å². The maximum atomic E-state index is 2.51. The van der Waals surface area contributed by atoms with Gasteiger partial charge in [-0.15, -0.1) is 0 Å². The van der Waals surface area contributed by atoms with Crippen LogP contribution in [-0.4, -0.2) is 0 Å². The second kappa shape index (κ2) is 15.4. The van der Waals surface area contributed by atoms with Gasteiger partial charge in [0.05, 0.1) is 0 Å². The Hall–Kier alpha value is -6.76. The summed E-state index contributed by atoms with van der Waals surface area (Å²) in [6, 6.07) is 60.0. The third-order valence-electron chi connectivity index (χ3n) is 16.3. The van der Waals surface area contributed by atoms with Crippen molar-refractivity contribution >= 4 is 64.6 Å². The topological polar surface area (TPSA) is 0 Å². The highest BCUT2D eigenvalue weighted by Crippen LogP contribution is 2.60. The minimum atomic E-state index is -0.0339. The van der Waals surface area contributed by atoms with Crippen LogP contribution in [0, 0.1) is 0 Å². The highest BCUT2D eigenvalue weighted by atomic mass is 14.4. The van der Waals surface area contributed by atoms with Gasteiger partial charge in [-0.1, -0.05) is 249 Å². The van der Waals surface area contributed by atoms with Crippen molar-refractivity contribution in [3.63, 3.8) is 0 Å². The first-order valence-corrected chi connectivity index (χ1v) is 26.2. The molecule has 11 aromatic carbocycles. The molecule has 0 unspecified atom stereocenters. The van der Waals surface area contributed by atoms with Gasteiger partial charge in [0, 0.05) is 0 Å². The molecule has 0 fully saturated rings. The summed E-state index contributed by atoms with van der Waals surface area (Å²) in [5, 5.41) is 16.0. The Morgan fingerprint density at radius 1 is 0.268 bits per heavy atom. The van der Waals surface area contributed by atoms with E-state index in [1.807, 2.05) is 0 Å². The fraction of sp³-hybridized carbons (Fsp3) is 0.268. The zero-order chi connectivity index (χ0) is 49.8. The summed E-state index contributed by atoms with van der Waals surface area (Å²) in [6.45, 7) is 33.0. The monoisotopic (exact) mass is 921 g/mol. The molecule has 0 amide bonds. The molecule has 0 saturated heterocycles. The third kappa shape index (κ3) is 6.91. The van der Waals surface area contributed by atoms with E-state index in [1.165, 1.54) is 148 Å². The molecule has 0 aliphatic heterocycles. The minimum absolute atomic E-state index is 0.0339. The maximum absolute atomic E-state index is 2.51. The van der Waals surface area contributed by atoms with Gasteiger partial charge in [0.2, 0.25) is 0 Å². The highest BCUT2D eigenvalue weighted by Gasteiger charge is 2.34. The average Bonchev–Trinajstić information content (AvgIpc) is 3.65. The van der Waals surface area contributed by atoms with Crippen LogP contribution in [0.25, 0.3) is 120 Å². The minimum Gasteiger partial charge on any atom is -0.0616 e.